The van der Waals surface area contributed by atoms with Crippen LogP contribution in [-0.4, -0.2) is 35.8 Å². The van der Waals surface area contributed by atoms with Crippen LogP contribution in [0.2, 0.25) is 5.02 Å². The predicted octanol–water partition coefficient (Wildman–Crippen LogP) is 1.75. The number of likely N-dealkylation sites (tertiary alicyclic amines) is 1. The van der Waals surface area contributed by atoms with Crippen LogP contribution in [0.15, 0.2) is 24.3 Å². The summed E-state index contributed by atoms with van der Waals surface area (Å²) in [5.74, 6) is -0.0217. The maximum atomic E-state index is 12.6. The molecule has 2 heterocycles. The largest absolute Gasteiger partial charge is 0.369 e. The van der Waals surface area contributed by atoms with E-state index in [9.17, 15) is 9.59 Å². The van der Waals surface area contributed by atoms with E-state index in [1.807, 2.05) is 23.1 Å². The van der Waals surface area contributed by atoms with Gasteiger partial charge in [-0.2, -0.15) is 0 Å². The summed E-state index contributed by atoms with van der Waals surface area (Å²) < 4.78 is 0. The Bertz CT molecular complexity index is 713. The average Bonchev–Trinajstić information content (AvgIpc) is 3.33. The highest BCUT2D eigenvalue weighted by Gasteiger charge is 2.57. The van der Waals surface area contributed by atoms with Crippen molar-refractivity contribution in [2.24, 2.45) is 17.1 Å². The van der Waals surface area contributed by atoms with Crippen molar-refractivity contribution in [3.05, 3.63) is 34.9 Å². The lowest BCUT2D eigenvalue weighted by molar-refractivity contribution is -0.144. The molecule has 6 nitrogen and oxygen atoms in total. The fourth-order valence-corrected chi connectivity index (χ4v) is 4.62. The van der Waals surface area contributed by atoms with Crippen LogP contribution in [0.5, 0.6) is 0 Å². The summed E-state index contributed by atoms with van der Waals surface area (Å²) in [6.07, 6.45) is 4.07. The monoisotopic (exact) mass is 376 g/mol. The third-order valence-corrected chi connectivity index (χ3v) is 6.58. The first-order valence-corrected chi connectivity index (χ1v) is 9.74. The van der Waals surface area contributed by atoms with Crippen molar-refractivity contribution in [2.75, 3.05) is 13.1 Å². The Labute approximate surface area is 158 Å². The van der Waals surface area contributed by atoms with E-state index in [0.717, 1.165) is 29.8 Å². The Balaban J connectivity index is 1.33. The van der Waals surface area contributed by atoms with E-state index >= 15 is 0 Å². The predicted molar refractivity (Wildman–Crippen MR) is 99.0 cm³/mol. The van der Waals surface area contributed by atoms with E-state index in [1.54, 1.807) is 0 Å². The number of piperidine rings is 1. The Morgan fingerprint density at radius 2 is 1.85 bits per heavy atom. The van der Waals surface area contributed by atoms with E-state index in [2.05, 4.69) is 16.9 Å². The third-order valence-electron chi connectivity index (χ3n) is 6.24. The molecule has 4 N–H and O–H groups in total. The molecule has 0 bridgehead atoms. The van der Waals surface area contributed by atoms with Gasteiger partial charge in [-0.15, -0.1) is 0 Å². The maximum Gasteiger partial charge on any atom is 0.238 e. The standard InChI is InChI=1S/C19H25ClN4O2/c20-14-4-2-1-3-13(14)16-11-15(22-23-16)12-5-9-24(10-6-12)18(26)19(7-8-19)17(21)25/h1-4,12,15-16,22-23H,5-11H2,(H2,21,25). The fraction of sp³-hybridized carbons (Fsp3) is 0.579. The van der Waals surface area contributed by atoms with Crippen molar-refractivity contribution in [3.8, 4) is 0 Å². The highest BCUT2D eigenvalue weighted by atomic mass is 35.5. The second-order valence-electron chi connectivity index (χ2n) is 7.78. The number of amides is 2. The highest BCUT2D eigenvalue weighted by molar-refractivity contribution is 6.31. The molecule has 2 atom stereocenters. The van der Waals surface area contributed by atoms with Gasteiger partial charge in [0.25, 0.3) is 0 Å². The van der Waals surface area contributed by atoms with Gasteiger partial charge in [-0.3, -0.25) is 15.0 Å². The zero-order valence-electron chi connectivity index (χ0n) is 14.7. The summed E-state index contributed by atoms with van der Waals surface area (Å²) in [4.78, 5) is 26.0. The number of hydrogen-bond acceptors (Lipinski definition) is 4. The van der Waals surface area contributed by atoms with Gasteiger partial charge in [0, 0.05) is 30.2 Å². The Kier molecular flexibility index (Phi) is 4.67. The molecule has 1 saturated carbocycles. The van der Waals surface area contributed by atoms with Crippen LogP contribution < -0.4 is 16.6 Å². The molecule has 0 spiro atoms. The summed E-state index contributed by atoms with van der Waals surface area (Å²) in [6.45, 7) is 1.40. The van der Waals surface area contributed by atoms with E-state index < -0.39 is 11.3 Å². The quantitative estimate of drug-likeness (QED) is 0.699. The maximum absolute atomic E-state index is 12.6. The number of primary amides is 1. The molecule has 0 aromatic heterocycles. The smallest absolute Gasteiger partial charge is 0.238 e. The summed E-state index contributed by atoms with van der Waals surface area (Å²) in [5.41, 5.74) is 12.4. The van der Waals surface area contributed by atoms with E-state index in [4.69, 9.17) is 17.3 Å². The minimum Gasteiger partial charge on any atom is -0.369 e. The zero-order valence-corrected chi connectivity index (χ0v) is 15.5. The molecule has 26 heavy (non-hydrogen) atoms. The van der Waals surface area contributed by atoms with Crippen molar-refractivity contribution in [2.45, 2.75) is 44.2 Å². The molecular weight excluding hydrogens is 352 g/mol. The van der Waals surface area contributed by atoms with Crippen LogP contribution in [0.25, 0.3) is 0 Å². The molecule has 3 fully saturated rings. The molecule has 1 aliphatic carbocycles. The first-order valence-electron chi connectivity index (χ1n) is 9.36. The number of hydrogen-bond donors (Lipinski definition) is 3. The van der Waals surface area contributed by atoms with Gasteiger partial charge in [-0.05, 0) is 49.7 Å². The number of carbonyl (C=O) groups is 2. The molecule has 2 amide bonds. The molecule has 1 aromatic rings. The number of rotatable bonds is 4. The number of hydrazine groups is 1. The SMILES string of the molecule is NC(=O)C1(C(=O)N2CCC(C3CC(c4ccccc4Cl)NN3)CC2)CC1. The van der Waals surface area contributed by atoms with Crippen LogP contribution in [-0.2, 0) is 9.59 Å². The normalized spacial score (nSPS) is 28.1. The van der Waals surface area contributed by atoms with Gasteiger partial charge in [0.05, 0.1) is 0 Å². The summed E-state index contributed by atoms with van der Waals surface area (Å²) in [5, 5.41) is 0.786. The molecule has 7 heteroatoms. The van der Waals surface area contributed by atoms with Crippen molar-refractivity contribution >= 4 is 23.4 Å². The number of benzene rings is 1. The van der Waals surface area contributed by atoms with Crippen LogP contribution in [0, 0.1) is 11.3 Å². The highest BCUT2D eigenvalue weighted by Crippen LogP contribution is 2.47. The first kappa shape index (κ1) is 17.8. The second-order valence-corrected chi connectivity index (χ2v) is 8.19. The summed E-state index contributed by atoms with van der Waals surface area (Å²) >= 11 is 6.32. The van der Waals surface area contributed by atoms with Gasteiger partial charge < -0.3 is 10.6 Å². The molecule has 4 rings (SSSR count). The van der Waals surface area contributed by atoms with Crippen molar-refractivity contribution in [3.63, 3.8) is 0 Å². The van der Waals surface area contributed by atoms with Crippen molar-refractivity contribution in [1.82, 2.24) is 15.8 Å². The van der Waals surface area contributed by atoms with Gasteiger partial charge >= 0.3 is 0 Å². The second kappa shape index (κ2) is 6.83. The van der Waals surface area contributed by atoms with Crippen molar-refractivity contribution < 1.29 is 9.59 Å². The lowest BCUT2D eigenvalue weighted by Gasteiger charge is -2.36. The molecule has 2 unspecified atom stereocenters. The molecule has 140 valence electrons. The van der Waals surface area contributed by atoms with Gasteiger partial charge in [0.1, 0.15) is 5.41 Å². The van der Waals surface area contributed by atoms with Crippen LogP contribution >= 0.6 is 11.6 Å². The molecule has 3 aliphatic rings. The molecule has 1 aromatic carbocycles. The van der Waals surface area contributed by atoms with Gasteiger partial charge in [-0.1, -0.05) is 29.8 Å². The molecule has 0 radical (unpaired) electrons. The molecular formula is C19H25ClN4O2. The Morgan fingerprint density at radius 1 is 1.15 bits per heavy atom. The van der Waals surface area contributed by atoms with Gasteiger partial charge in [0.2, 0.25) is 11.8 Å². The van der Waals surface area contributed by atoms with Gasteiger partial charge in [0.15, 0.2) is 0 Å². The average molecular weight is 377 g/mol. The lowest BCUT2D eigenvalue weighted by atomic mass is 9.86. The number of nitrogens with zero attached hydrogens (tertiary/aromatic N) is 1. The number of carbonyl (C=O) groups excluding carboxylic acids is 2. The third kappa shape index (κ3) is 3.10. The van der Waals surface area contributed by atoms with Crippen LogP contribution in [0.1, 0.15) is 43.7 Å². The van der Waals surface area contributed by atoms with Crippen LogP contribution in [0.4, 0.5) is 0 Å². The molecule has 2 saturated heterocycles. The van der Waals surface area contributed by atoms with E-state index in [1.165, 1.54) is 0 Å². The number of nitrogens with one attached hydrogen (secondary N) is 2. The molecule has 2 aliphatic heterocycles. The van der Waals surface area contributed by atoms with Crippen LogP contribution in [0.3, 0.4) is 0 Å². The van der Waals surface area contributed by atoms with Gasteiger partial charge in [-0.25, -0.2) is 5.43 Å². The van der Waals surface area contributed by atoms with Crippen molar-refractivity contribution in [1.29, 1.82) is 0 Å². The number of nitrogens with two attached hydrogens (primary N) is 1. The summed E-state index contributed by atoms with van der Waals surface area (Å²) in [7, 11) is 0. The van der Waals surface area contributed by atoms with E-state index in [-0.39, 0.29) is 11.9 Å². The minimum atomic E-state index is -0.894. The minimum absolute atomic E-state index is 0.0603. The topological polar surface area (TPSA) is 87.5 Å². The Hall–Kier alpha value is -1.63. The number of halogens is 1. The zero-order chi connectivity index (χ0) is 18.3. The van der Waals surface area contributed by atoms with E-state index in [0.29, 0.717) is 37.9 Å². The first-order chi connectivity index (χ1) is 12.5. The fourth-order valence-electron chi connectivity index (χ4n) is 4.35. The summed E-state index contributed by atoms with van der Waals surface area (Å²) in [6, 6.07) is 8.49. The Morgan fingerprint density at radius 3 is 2.46 bits per heavy atom. The lowest BCUT2D eigenvalue weighted by Crippen LogP contribution is -2.49.